The van der Waals surface area contributed by atoms with Crippen molar-refractivity contribution in [3.8, 4) is 0 Å². The van der Waals surface area contributed by atoms with Crippen molar-refractivity contribution in [2.75, 3.05) is 13.1 Å². The molecule has 4 atom stereocenters. The molecule has 0 radical (unpaired) electrons. The molecule has 136 valence electrons. The first-order chi connectivity index (χ1) is 12.5. The Morgan fingerprint density at radius 2 is 2.12 bits per heavy atom. The number of nitrogens with one attached hydrogen (secondary N) is 2. The third-order valence-electron chi connectivity index (χ3n) is 5.60. The van der Waals surface area contributed by atoms with E-state index in [1.54, 1.807) is 19.4 Å². The number of fused-ring (bicyclic) bond motifs is 3. The Hall–Kier alpha value is -2.67. The van der Waals surface area contributed by atoms with E-state index in [2.05, 4.69) is 27.4 Å². The van der Waals surface area contributed by atoms with Crippen LogP contribution in [0.4, 0.5) is 0 Å². The molecule has 0 bridgehead atoms. The summed E-state index contributed by atoms with van der Waals surface area (Å²) in [6.45, 7) is 2.97. The van der Waals surface area contributed by atoms with E-state index >= 15 is 0 Å². The SMILES string of the molecule is CC(=O)N1C[C@@H]2[C@H](NC(=O)[C@@H](N)Cc3cnc[nH]3)c3ccccc3[C@@H]2C1. The van der Waals surface area contributed by atoms with Crippen molar-refractivity contribution in [1.82, 2.24) is 20.2 Å². The summed E-state index contributed by atoms with van der Waals surface area (Å²) in [4.78, 5) is 33.3. The molecular formula is C19H23N5O2. The number of hydrogen-bond acceptors (Lipinski definition) is 4. The molecule has 1 aromatic carbocycles. The number of imidazole rings is 1. The number of benzene rings is 1. The average molecular weight is 353 g/mol. The van der Waals surface area contributed by atoms with Gasteiger partial charge in [-0.2, -0.15) is 0 Å². The second-order valence-corrected chi connectivity index (χ2v) is 7.20. The van der Waals surface area contributed by atoms with E-state index in [1.807, 2.05) is 17.0 Å². The maximum Gasteiger partial charge on any atom is 0.237 e. The van der Waals surface area contributed by atoms with Crippen molar-refractivity contribution >= 4 is 11.8 Å². The fraction of sp³-hybridized carbons (Fsp3) is 0.421. The van der Waals surface area contributed by atoms with E-state index in [9.17, 15) is 9.59 Å². The summed E-state index contributed by atoms with van der Waals surface area (Å²) in [7, 11) is 0. The van der Waals surface area contributed by atoms with Crippen LogP contribution in [-0.4, -0.2) is 45.8 Å². The smallest absolute Gasteiger partial charge is 0.237 e. The van der Waals surface area contributed by atoms with Crippen molar-refractivity contribution in [1.29, 1.82) is 0 Å². The number of carbonyl (C=O) groups excluding carboxylic acids is 2. The van der Waals surface area contributed by atoms with Gasteiger partial charge in [0.05, 0.1) is 18.4 Å². The van der Waals surface area contributed by atoms with Crippen LogP contribution in [0.3, 0.4) is 0 Å². The second-order valence-electron chi connectivity index (χ2n) is 7.20. The predicted octanol–water partition coefficient (Wildman–Crippen LogP) is 0.713. The summed E-state index contributed by atoms with van der Waals surface area (Å²) < 4.78 is 0. The highest BCUT2D eigenvalue weighted by atomic mass is 16.2. The van der Waals surface area contributed by atoms with Gasteiger partial charge in [0.25, 0.3) is 0 Å². The van der Waals surface area contributed by atoms with E-state index in [4.69, 9.17) is 5.73 Å². The van der Waals surface area contributed by atoms with E-state index in [0.29, 0.717) is 19.5 Å². The van der Waals surface area contributed by atoms with E-state index in [-0.39, 0.29) is 29.7 Å². The lowest BCUT2D eigenvalue weighted by atomic mass is 9.94. The first kappa shape index (κ1) is 16.8. The van der Waals surface area contributed by atoms with E-state index < -0.39 is 6.04 Å². The van der Waals surface area contributed by atoms with Gasteiger partial charge in [0.15, 0.2) is 0 Å². The highest BCUT2D eigenvalue weighted by Crippen LogP contribution is 2.49. The summed E-state index contributed by atoms with van der Waals surface area (Å²) in [6, 6.07) is 7.42. The normalized spacial score (nSPS) is 24.8. The Kier molecular flexibility index (Phi) is 4.24. The zero-order valence-electron chi connectivity index (χ0n) is 14.7. The number of likely N-dealkylation sites (tertiary alicyclic amines) is 1. The quantitative estimate of drug-likeness (QED) is 0.753. The molecule has 1 fully saturated rings. The minimum atomic E-state index is -0.646. The van der Waals surface area contributed by atoms with Gasteiger partial charge >= 0.3 is 0 Å². The Bertz CT molecular complexity index is 819. The van der Waals surface area contributed by atoms with Gasteiger partial charge in [-0.25, -0.2) is 4.98 Å². The topological polar surface area (TPSA) is 104 Å². The second kappa shape index (κ2) is 6.57. The third kappa shape index (κ3) is 2.88. The zero-order valence-corrected chi connectivity index (χ0v) is 14.7. The number of nitrogens with two attached hydrogens (primary N) is 1. The number of H-pyrrole nitrogens is 1. The Morgan fingerprint density at radius 3 is 2.81 bits per heavy atom. The number of aromatic nitrogens is 2. The predicted molar refractivity (Wildman–Crippen MR) is 96.1 cm³/mol. The molecule has 1 aliphatic heterocycles. The van der Waals surface area contributed by atoms with Crippen LogP contribution in [0.15, 0.2) is 36.8 Å². The molecule has 7 nitrogen and oxygen atoms in total. The number of hydrogen-bond donors (Lipinski definition) is 3. The van der Waals surface area contributed by atoms with Gasteiger partial charge in [-0.05, 0) is 11.1 Å². The molecule has 0 spiro atoms. The van der Waals surface area contributed by atoms with Crippen LogP contribution >= 0.6 is 0 Å². The summed E-state index contributed by atoms with van der Waals surface area (Å²) in [5.41, 5.74) is 9.31. The molecule has 0 saturated carbocycles. The van der Waals surface area contributed by atoms with Gasteiger partial charge in [-0.15, -0.1) is 0 Å². The van der Waals surface area contributed by atoms with Gasteiger partial charge in [0, 0.05) is 50.2 Å². The molecule has 4 rings (SSSR count). The molecule has 2 aliphatic rings. The first-order valence-corrected chi connectivity index (χ1v) is 8.92. The van der Waals surface area contributed by atoms with Crippen LogP contribution in [-0.2, 0) is 16.0 Å². The zero-order chi connectivity index (χ0) is 18.3. The van der Waals surface area contributed by atoms with Crippen LogP contribution in [0.25, 0.3) is 0 Å². The van der Waals surface area contributed by atoms with E-state index in [1.165, 1.54) is 5.56 Å². The molecule has 1 aliphatic carbocycles. The number of nitrogens with zero attached hydrogens (tertiary/aromatic N) is 2. The van der Waals surface area contributed by atoms with Gasteiger partial charge in [-0.3, -0.25) is 9.59 Å². The molecule has 26 heavy (non-hydrogen) atoms. The van der Waals surface area contributed by atoms with Crippen LogP contribution in [0.1, 0.15) is 35.7 Å². The van der Waals surface area contributed by atoms with Crippen LogP contribution in [0.5, 0.6) is 0 Å². The van der Waals surface area contributed by atoms with E-state index in [0.717, 1.165) is 11.3 Å². The van der Waals surface area contributed by atoms with Crippen molar-refractivity contribution in [2.24, 2.45) is 11.7 Å². The van der Waals surface area contributed by atoms with Gasteiger partial charge in [0.2, 0.25) is 11.8 Å². The lowest BCUT2D eigenvalue weighted by molar-refractivity contribution is -0.128. The number of rotatable bonds is 4. The highest BCUT2D eigenvalue weighted by Gasteiger charge is 2.47. The fourth-order valence-corrected chi connectivity index (χ4v) is 4.29. The summed E-state index contributed by atoms with van der Waals surface area (Å²) in [5, 5.41) is 3.14. The fourth-order valence-electron chi connectivity index (χ4n) is 4.29. The van der Waals surface area contributed by atoms with Crippen LogP contribution in [0.2, 0.25) is 0 Å². The van der Waals surface area contributed by atoms with Crippen LogP contribution in [0, 0.1) is 5.92 Å². The van der Waals surface area contributed by atoms with Crippen molar-refractivity contribution in [3.05, 3.63) is 53.6 Å². The number of amides is 2. The van der Waals surface area contributed by atoms with Gasteiger partial charge in [-0.1, -0.05) is 24.3 Å². The molecule has 7 heteroatoms. The molecule has 1 aromatic heterocycles. The average Bonchev–Trinajstić information content (AvgIpc) is 3.33. The minimum Gasteiger partial charge on any atom is -0.348 e. The molecule has 2 heterocycles. The van der Waals surface area contributed by atoms with Crippen molar-refractivity contribution in [2.45, 2.75) is 31.3 Å². The Balaban J connectivity index is 1.53. The lowest BCUT2D eigenvalue weighted by Crippen LogP contribution is -2.45. The Labute approximate surface area is 152 Å². The van der Waals surface area contributed by atoms with Crippen molar-refractivity contribution < 1.29 is 9.59 Å². The highest BCUT2D eigenvalue weighted by molar-refractivity contribution is 5.82. The van der Waals surface area contributed by atoms with Crippen molar-refractivity contribution in [3.63, 3.8) is 0 Å². The largest absolute Gasteiger partial charge is 0.348 e. The molecule has 1 saturated heterocycles. The molecule has 4 N–H and O–H groups in total. The number of aromatic amines is 1. The summed E-state index contributed by atoms with van der Waals surface area (Å²) in [6.07, 6.45) is 3.66. The molecule has 2 aromatic rings. The standard InChI is InChI=1S/C19H23N5O2/c1-11(25)24-8-15-13-4-2-3-5-14(13)18(16(15)9-24)23-19(26)17(20)6-12-7-21-10-22-12/h2-5,7,10,15-18H,6,8-9,20H2,1H3,(H,21,22)(H,23,26)/t15-,16-,17-,18+/m0/s1. The molecular weight excluding hydrogens is 330 g/mol. The lowest BCUT2D eigenvalue weighted by Gasteiger charge is -2.24. The maximum atomic E-state index is 12.7. The maximum absolute atomic E-state index is 12.7. The summed E-state index contributed by atoms with van der Waals surface area (Å²) >= 11 is 0. The Morgan fingerprint density at radius 1 is 1.35 bits per heavy atom. The third-order valence-corrected chi connectivity index (χ3v) is 5.60. The van der Waals surface area contributed by atoms with Gasteiger partial charge in [0.1, 0.15) is 0 Å². The number of carbonyl (C=O) groups is 2. The molecule has 2 amide bonds. The molecule has 0 unspecified atom stereocenters. The first-order valence-electron chi connectivity index (χ1n) is 8.92. The summed E-state index contributed by atoms with van der Waals surface area (Å²) in [5.74, 6) is 0.364. The van der Waals surface area contributed by atoms with Crippen LogP contribution < -0.4 is 11.1 Å². The van der Waals surface area contributed by atoms with Gasteiger partial charge < -0.3 is 20.9 Å². The monoisotopic (exact) mass is 353 g/mol. The minimum absolute atomic E-state index is 0.0814.